The SMILES string of the molecule is CCCC[C@@H](NC(=O)[C@H](O)[C@H](N)Cc1ccccc1)C(=O)O. The van der Waals surface area contributed by atoms with Gasteiger partial charge in [0.2, 0.25) is 0 Å². The second-order valence-corrected chi connectivity index (χ2v) is 5.34. The molecule has 0 aromatic heterocycles. The quantitative estimate of drug-likeness (QED) is 0.536. The van der Waals surface area contributed by atoms with Crippen molar-refractivity contribution in [1.29, 1.82) is 0 Å². The van der Waals surface area contributed by atoms with Crippen LogP contribution in [0.5, 0.6) is 0 Å². The van der Waals surface area contributed by atoms with E-state index in [2.05, 4.69) is 5.32 Å². The lowest BCUT2D eigenvalue weighted by molar-refractivity contribution is -0.143. The number of aliphatic hydroxyl groups excluding tert-OH is 1. The zero-order valence-electron chi connectivity index (χ0n) is 12.7. The van der Waals surface area contributed by atoms with Gasteiger partial charge in [-0.05, 0) is 18.4 Å². The molecule has 6 nitrogen and oxygen atoms in total. The van der Waals surface area contributed by atoms with Crippen LogP contribution in [-0.2, 0) is 16.0 Å². The Bertz CT molecular complexity index is 478. The van der Waals surface area contributed by atoms with Crippen LogP contribution in [0.15, 0.2) is 30.3 Å². The Morgan fingerprint density at radius 2 is 1.91 bits per heavy atom. The van der Waals surface area contributed by atoms with Crippen LogP contribution < -0.4 is 11.1 Å². The van der Waals surface area contributed by atoms with Crippen molar-refractivity contribution in [3.8, 4) is 0 Å². The maximum Gasteiger partial charge on any atom is 0.326 e. The summed E-state index contributed by atoms with van der Waals surface area (Å²) in [4.78, 5) is 23.0. The largest absolute Gasteiger partial charge is 0.480 e. The van der Waals surface area contributed by atoms with Gasteiger partial charge in [0.05, 0.1) is 0 Å². The number of nitrogens with two attached hydrogens (primary N) is 1. The van der Waals surface area contributed by atoms with E-state index in [1.54, 1.807) is 0 Å². The minimum atomic E-state index is -1.44. The van der Waals surface area contributed by atoms with Crippen molar-refractivity contribution < 1.29 is 19.8 Å². The minimum Gasteiger partial charge on any atom is -0.480 e. The summed E-state index contributed by atoms with van der Waals surface area (Å²) in [7, 11) is 0. The predicted octanol–water partition coefficient (Wildman–Crippen LogP) is 0.677. The maximum atomic E-state index is 11.9. The molecule has 122 valence electrons. The summed E-state index contributed by atoms with van der Waals surface area (Å²) in [5.74, 6) is -1.85. The molecule has 5 N–H and O–H groups in total. The van der Waals surface area contributed by atoms with Crippen LogP contribution in [0.1, 0.15) is 31.7 Å². The Balaban J connectivity index is 2.57. The highest BCUT2D eigenvalue weighted by atomic mass is 16.4. The fourth-order valence-electron chi connectivity index (χ4n) is 2.12. The minimum absolute atomic E-state index is 0.332. The molecular formula is C16H24N2O4. The molecule has 0 spiro atoms. The van der Waals surface area contributed by atoms with Crippen molar-refractivity contribution in [1.82, 2.24) is 5.32 Å². The van der Waals surface area contributed by atoms with E-state index in [0.717, 1.165) is 12.0 Å². The molecule has 0 heterocycles. The number of rotatable bonds is 9. The zero-order valence-corrected chi connectivity index (χ0v) is 12.7. The molecule has 1 aromatic rings. The normalized spacial score (nSPS) is 14.9. The van der Waals surface area contributed by atoms with Gasteiger partial charge in [0.15, 0.2) is 0 Å². The summed E-state index contributed by atoms with van der Waals surface area (Å²) < 4.78 is 0. The van der Waals surface area contributed by atoms with Crippen LogP contribution in [0.4, 0.5) is 0 Å². The highest BCUT2D eigenvalue weighted by Crippen LogP contribution is 2.06. The Kier molecular flexibility index (Phi) is 7.56. The standard InChI is InChI=1S/C16H24N2O4/c1-2-3-9-13(16(21)22)18-15(20)14(19)12(17)10-11-7-5-4-6-8-11/h4-8,12-14,19H,2-3,9-10,17H2,1H3,(H,18,20)(H,21,22)/t12-,13-,14-/m1/s1. The van der Waals surface area contributed by atoms with Crippen molar-refractivity contribution in [2.75, 3.05) is 0 Å². The number of carbonyl (C=O) groups is 2. The van der Waals surface area contributed by atoms with E-state index in [0.29, 0.717) is 19.3 Å². The van der Waals surface area contributed by atoms with Gasteiger partial charge in [-0.25, -0.2) is 4.79 Å². The van der Waals surface area contributed by atoms with Crippen LogP contribution in [-0.4, -0.2) is 40.3 Å². The first-order chi connectivity index (χ1) is 10.5. The number of aliphatic hydroxyl groups is 1. The van der Waals surface area contributed by atoms with Crippen molar-refractivity contribution in [3.63, 3.8) is 0 Å². The summed E-state index contributed by atoms with van der Waals surface area (Å²) >= 11 is 0. The van der Waals surface area contributed by atoms with Crippen LogP contribution in [0.2, 0.25) is 0 Å². The van der Waals surface area contributed by atoms with E-state index in [-0.39, 0.29) is 0 Å². The highest BCUT2D eigenvalue weighted by molar-refractivity contribution is 5.86. The predicted molar refractivity (Wildman–Crippen MR) is 83.2 cm³/mol. The van der Waals surface area contributed by atoms with Gasteiger partial charge in [-0.15, -0.1) is 0 Å². The molecule has 0 radical (unpaired) electrons. The lowest BCUT2D eigenvalue weighted by Crippen LogP contribution is -2.51. The number of hydrogen-bond donors (Lipinski definition) is 4. The van der Waals surface area contributed by atoms with Gasteiger partial charge in [0.25, 0.3) is 5.91 Å². The first-order valence-corrected chi connectivity index (χ1v) is 7.46. The summed E-state index contributed by atoms with van der Waals surface area (Å²) in [6, 6.07) is 7.48. The van der Waals surface area contributed by atoms with Gasteiger partial charge in [0, 0.05) is 6.04 Å². The number of carbonyl (C=O) groups excluding carboxylic acids is 1. The molecule has 0 aliphatic heterocycles. The average molecular weight is 308 g/mol. The van der Waals surface area contributed by atoms with Gasteiger partial charge in [-0.3, -0.25) is 4.79 Å². The smallest absolute Gasteiger partial charge is 0.326 e. The topological polar surface area (TPSA) is 113 Å². The number of nitrogens with one attached hydrogen (secondary N) is 1. The van der Waals surface area contributed by atoms with Gasteiger partial charge in [0.1, 0.15) is 12.1 Å². The number of hydrogen-bond acceptors (Lipinski definition) is 4. The second kappa shape index (κ2) is 9.17. The molecule has 1 aromatic carbocycles. The first kappa shape index (κ1) is 18.1. The monoisotopic (exact) mass is 308 g/mol. The maximum absolute atomic E-state index is 11.9. The molecule has 1 amide bonds. The molecule has 0 fully saturated rings. The van der Waals surface area contributed by atoms with E-state index >= 15 is 0 Å². The Morgan fingerprint density at radius 3 is 2.45 bits per heavy atom. The van der Waals surface area contributed by atoms with E-state index < -0.39 is 30.1 Å². The molecule has 0 saturated heterocycles. The van der Waals surface area contributed by atoms with Crippen LogP contribution in [0.25, 0.3) is 0 Å². The van der Waals surface area contributed by atoms with E-state index in [1.165, 1.54) is 0 Å². The summed E-state index contributed by atoms with van der Waals surface area (Å²) in [6.07, 6.45) is 0.739. The number of unbranched alkanes of at least 4 members (excludes halogenated alkanes) is 1. The van der Waals surface area contributed by atoms with Crippen LogP contribution in [0, 0.1) is 0 Å². The third-order valence-electron chi connectivity index (χ3n) is 3.45. The summed E-state index contributed by atoms with van der Waals surface area (Å²) in [5, 5.41) is 21.4. The average Bonchev–Trinajstić information content (AvgIpc) is 2.51. The van der Waals surface area contributed by atoms with Crippen LogP contribution in [0.3, 0.4) is 0 Å². The lowest BCUT2D eigenvalue weighted by atomic mass is 10.0. The van der Waals surface area contributed by atoms with Gasteiger partial charge in [-0.2, -0.15) is 0 Å². The molecule has 22 heavy (non-hydrogen) atoms. The number of amides is 1. The Morgan fingerprint density at radius 1 is 1.27 bits per heavy atom. The molecule has 0 aliphatic rings. The Labute approximate surface area is 130 Å². The van der Waals surface area contributed by atoms with Gasteiger partial charge >= 0.3 is 5.97 Å². The van der Waals surface area contributed by atoms with E-state index in [1.807, 2.05) is 37.3 Å². The molecule has 3 atom stereocenters. The molecule has 1 rings (SSSR count). The molecular weight excluding hydrogens is 284 g/mol. The van der Waals surface area contributed by atoms with E-state index in [4.69, 9.17) is 10.8 Å². The summed E-state index contributed by atoms with van der Waals surface area (Å²) in [5.41, 5.74) is 6.75. The number of benzene rings is 1. The van der Waals surface area contributed by atoms with Crippen LogP contribution >= 0.6 is 0 Å². The van der Waals surface area contributed by atoms with E-state index in [9.17, 15) is 14.7 Å². The molecule has 0 unspecified atom stereocenters. The van der Waals surface area contributed by atoms with Crippen molar-refractivity contribution in [2.24, 2.45) is 5.73 Å². The van der Waals surface area contributed by atoms with Gasteiger partial charge < -0.3 is 21.3 Å². The zero-order chi connectivity index (χ0) is 16.5. The number of carboxylic acids is 1. The fraction of sp³-hybridized carbons (Fsp3) is 0.500. The van der Waals surface area contributed by atoms with Crippen molar-refractivity contribution >= 4 is 11.9 Å². The third kappa shape index (κ3) is 5.83. The lowest BCUT2D eigenvalue weighted by Gasteiger charge is -2.21. The van der Waals surface area contributed by atoms with Crippen molar-refractivity contribution in [2.45, 2.75) is 50.8 Å². The molecule has 0 aliphatic carbocycles. The highest BCUT2D eigenvalue weighted by Gasteiger charge is 2.27. The Hall–Kier alpha value is -1.92. The first-order valence-electron chi connectivity index (χ1n) is 7.46. The summed E-state index contributed by atoms with van der Waals surface area (Å²) in [6.45, 7) is 1.94. The molecule has 0 bridgehead atoms. The molecule has 6 heteroatoms. The third-order valence-corrected chi connectivity index (χ3v) is 3.45. The number of aliphatic carboxylic acids is 1. The molecule has 0 saturated carbocycles. The van der Waals surface area contributed by atoms with Crippen molar-refractivity contribution in [3.05, 3.63) is 35.9 Å². The second-order valence-electron chi connectivity index (χ2n) is 5.34. The number of carboxylic acid groups (broad SMARTS) is 1. The van der Waals surface area contributed by atoms with Gasteiger partial charge in [-0.1, -0.05) is 50.1 Å². The fourth-order valence-corrected chi connectivity index (χ4v) is 2.12.